The van der Waals surface area contributed by atoms with Gasteiger partial charge < -0.3 is 14.5 Å². The van der Waals surface area contributed by atoms with Crippen molar-refractivity contribution in [3.8, 4) is 0 Å². The average Bonchev–Trinajstić information content (AvgIpc) is 2.90. The van der Waals surface area contributed by atoms with Crippen molar-refractivity contribution in [2.24, 2.45) is 0 Å². The van der Waals surface area contributed by atoms with Gasteiger partial charge in [0.2, 0.25) is 0 Å². The van der Waals surface area contributed by atoms with E-state index in [9.17, 15) is 4.79 Å². The van der Waals surface area contributed by atoms with E-state index in [4.69, 9.17) is 9.47 Å². The van der Waals surface area contributed by atoms with Crippen LogP contribution in [0, 0.1) is 0 Å². The molecular formula is C14H16N2O3. The van der Waals surface area contributed by atoms with Gasteiger partial charge in [0.15, 0.2) is 0 Å². The van der Waals surface area contributed by atoms with Gasteiger partial charge in [0.05, 0.1) is 23.7 Å². The van der Waals surface area contributed by atoms with E-state index in [0.29, 0.717) is 11.5 Å². The summed E-state index contributed by atoms with van der Waals surface area (Å²) >= 11 is 0. The molecule has 3 rings (SSSR count). The van der Waals surface area contributed by atoms with Gasteiger partial charge in [0.25, 0.3) is 0 Å². The molecular weight excluding hydrogens is 244 g/mol. The van der Waals surface area contributed by atoms with Crippen LogP contribution in [0.5, 0.6) is 0 Å². The molecule has 1 aliphatic heterocycles. The summed E-state index contributed by atoms with van der Waals surface area (Å²) in [5.41, 5.74) is 2.30. The SMILES string of the molecule is COC(=O)c1ccc2nc(C3CCOCC3)[nH]c2c1. The zero-order valence-corrected chi connectivity index (χ0v) is 10.8. The number of fused-ring (bicyclic) bond motifs is 1. The lowest BCUT2D eigenvalue weighted by Crippen LogP contribution is -2.15. The first kappa shape index (κ1) is 12.2. The number of H-pyrrole nitrogens is 1. The minimum absolute atomic E-state index is 0.330. The van der Waals surface area contributed by atoms with E-state index in [-0.39, 0.29) is 5.97 Å². The Hall–Kier alpha value is -1.88. The van der Waals surface area contributed by atoms with Crippen LogP contribution in [0.25, 0.3) is 11.0 Å². The van der Waals surface area contributed by atoms with Crippen molar-refractivity contribution in [3.05, 3.63) is 29.6 Å². The molecule has 1 aliphatic rings. The number of carbonyl (C=O) groups excluding carboxylic acids is 1. The molecule has 1 aromatic heterocycles. The predicted octanol–water partition coefficient (Wildman–Crippen LogP) is 2.24. The molecule has 2 aromatic rings. The van der Waals surface area contributed by atoms with Crippen molar-refractivity contribution in [2.45, 2.75) is 18.8 Å². The second-order valence-corrected chi connectivity index (χ2v) is 4.73. The van der Waals surface area contributed by atoms with Gasteiger partial charge in [-0.3, -0.25) is 0 Å². The van der Waals surface area contributed by atoms with Crippen molar-refractivity contribution in [1.82, 2.24) is 9.97 Å². The Morgan fingerprint density at radius 2 is 2.21 bits per heavy atom. The zero-order chi connectivity index (χ0) is 13.2. The number of aromatic nitrogens is 2. The van der Waals surface area contributed by atoms with Crippen LogP contribution in [0.15, 0.2) is 18.2 Å². The lowest BCUT2D eigenvalue weighted by Gasteiger charge is -2.19. The monoisotopic (exact) mass is 260 g/mol. The zero-order valence-electron chi connectivity index (χ0n) is 10.8. The van der Waals surface area contributed by atoms with Gasteiger partial charge in [0, 0.05) is 19.1 Å². The van der Waals surface area contributed by atoms with Crippen LogP contribution >= 0.6 is 0 Å². The fourth-order valence-corrected chi connectivity index (χ4v) is 2.44. The highest BCUT2D eigenvalue weighted by Crippen LogP contribution is 2.26. The molecule has 0 spiro atoms. The number of esters is 1. The molecule has 0 bridgehead atoms. The van der Waals surface area contributed by atoms with Crippen LogP contribution in [0.1, 0.15) is 34.9 Å². The molecule has 1 saturated heterocycles. The third-order valence-corrected chi connectivity index (χ3v) is 3.53. The van der Waals surface area contributed by atoms with Crippen LogP contribution in [-0.4, -0.2) is 36.3 Å². The summed E-state index contributed by atoms with van der Waals surface area (Å²) in [6, 6.07) is 5.38. The first-order chi connectivity index (χ1) is 9.28. The average molecular weight is 260 g/mol. The van der Waals surface area contributed by atoms with E-state index >= 15 is 0 Å². The van der Waals surface area contributed by atoms with Crippen molar-refractivity contribution < 1.29 is 14.3 Å². The Labute approximate surface area is 110 Å². The minimum Gasteiger partial charge on any atom is -0.465 e. The normalized spacial score (nSPS) is 16.7. The third-order valence-electron chi connectivity index (χ3n) is 3.53. The van der Waals surface area contributed by atoms with Gasteiger partial charge in [-0.1, -0.05) is 0 Å². The summed E-state index contributed by atoms with van der Waals surface area (Å²) in [5, 5.41) is 0. The standard InChI is InChI=1S/C14H16N2O3/c1-18-14(17)10-2-3-11-12(8-10)16-13(15-11)9-4-6-19-7-5-9/h2-3,8-9H,4-7H2,1H3,(H,15,16). The van der Waals surface area contributed by atoms with Crippen molar-refractivity contribution in [2.75, 3.05) is 20.3 Å². The van der Waals surface area contributed by atoms with E-state index in [1.807, 2.05) is 6.07 Å². The second kappa shape index (κ2) is 5.01. The van der Waals surface area contributed by atoms with Crippen LogP contribution in [0.3, 0.4) is 0 Å². The fraction of sp³-hybridized carbons (Fsp3) is 0.429. The molecule has 1 aromatic carbocycles. The molecule has 5 heteroatoms. The number of hydrogen-bond donors (Lipinski definition) is 1. The number of imidazole rings is 1. The van der Waals surface area contributed by atoms with Crippen LogP contribution in [0.4, 0.5) is 0 Å². The van der Waals surface area contributed by atoms with Crippen molar-refractivity contribution in [1.29, 1.82) is 0 Å². The lowest BCUT2D eigenvalue weighted by molar-refractivity contribution is 0.0601. The van der Waals surface area contributed by atoms with Gasteiger partial charge in [0.1, 0.15) is 5.82 Å². The topological polar surface area (TPSA) is 64.2 Å². The van der Waals surface area contributed by atoms with Gasteiger partial charge in [-0.05, 0) is 31.0 Å². The Morgan fingerprint density at radius 3 is 2.95 bits per heavy atom. The maximum absolute atomic E-state index is 11.5. The third kappa shape index (κ3) is 2.33. The number of carbonyl (C=O) groups is 1. The molecule has 1 N–H and O–H groups in total. The van der Waals surface area contributed by atoms with Gasteiger partial charge in [-0.2, -0.15) is 0 Å². The number of benzene rings is 1. The summed E-state index contributed by atoms with van der Waals surface area (Å²) in [6.07, 6.45) is 1.98. The van der Waals surface area contributed by atoms with Crippen LogP contribution < -0.4 is 0 Å². The van der Waals surface area contributed by atoms with E-state index in [2.05, 4.69) is 9.97 Å². The maximum Gasteiger partial charge on any atom is 0.337 e. The molecule has 0 saturated carbocycles. The number of hydrogen-bond acceptors (Lipinski definition) is 4. The highest BCUT2D eigenvalue weighted by Gasteiger charge is 2.19. The lowest BCUT2D eigenvalue weighted by atomic mass is 10.00. The highest BCUT2D eigenvalue weighted by atomic mass is 16.5. The molecule has 0 unspecified atom stereocenters. The van der Waals surface area contributed by atoms with Crippen LogP contribution in [0.2, 0.25) is 0 Å². The number of nitrogens with one attached hydrogen (secondary N) is 1. The van der Waals surface area contributed by atoms with E-state index in [1.54, 1.807) is 12.1 Å². The molecule has 100 valence electrons. The number of rotatable bonds is 2. The molecule has 5 nitrogen and oxygen atoms in total. The largest absolute Gasteiger partial charge is 0.465 e. The van der Waals surface area contributed by atoms with Crippen molar-refractivity contribution >= 4 is 17.0 Å². The number of nitrogens with zero attached hydrogens (tertiary/aromatic N) is 1. The van der Waals surface area contributed by atoms with E-state index < -0.39 is 0 Å². The van der Waals surface area contributed by atoms with Crippen molar-refractivity contribution in [3.63, 3.8) is 0 Å². The van der Waals surface area contributed by atoms with E-state index in [1.165, 1.54) is 7.11 Å². The van der Waals surface area contributed by atoms with Gasteiger partial charge in [-0.15, -0.1) is 0 Å². The fourth-order valence-electron chi connectivity index (χ4n) is 2.44. The summed E-state index contributed by atoms with van der Waals surface area (Å²) < 4.78 is 10.1. The summed E-state index contributed by atoms with van der Waals surface area (Å²) in [7, 11) is 1.38. The Morgan fingerprint density at radius 1 is 1.42 bits per heavy atom. The quantitative estimate of drug-likeness (QED) is 0.841. The summed E-state index contributed by atoms with van der Waals surface area (Å²) in [4.78, 5) is 19.4. The van der Waals surface area contributed by atoms with Gasteiger partial charge >= 0.3 is 5.97 Å². The number of aromatic amines is 1. The Balaban J connectivity index is 1.93. The second-order valence-electron chi connectivity index (χ2n) is 4.73. The van der Waals surface area contributed by atoms with E-state index in [0.717, 1.165) is 42.9 Å². The molecule has 2 heterocycles. The molecule has 0 radical (unpaired) electrons. The highest BCUT2D eigenvalue weighted by molar-refractivity contribution is 5.93. The van der Waals surface area contributed by atoms with Gasteiger partial charge in [-0.25, -0.2) is 9.78 Å². The molecule has 1 fully saturated rings. The smallest absolute Gasteiger partial charge is 0.337 e. The molecule has 19 heavy (non-hydrogen) atoms. The first-order valence-corrected chi connectivity index (χ1v) is 6.43. The first-order valence-electron chi connectivity index (χ1n) is 6.43. The summed E-state index contributed by atoms with van der Waals surface area (Å²) in [6.45, 7) is 1.57. The number of methoxy groups -OCH3 is 1. The Bertz CT molecular complexity index is 600. The van der Waals surface area contributed by atoms with Crippen LogP contribution in [-0.2, 0) is 9.47 Å². The number of ether oxygens (including phenoxy) is 2. The molecule has 0 aliphatic carbocycles. The molecule has 0 amide bonds. The maximum atomic E-state index is 11.5. The summed E-state index contributed by atoms with van der Waals surface area (Å²) in [5.74, 6) is 1.08. The Kier molecular flexibility index (Phi) is 3.21. The predicted molar refractivity (Wildman–Crippen MR) is 70.2 cm³/mol. The minimum atomic E-state index is -0.330. The molecule has 0 atom stereocenters.